The highest BCUT2D eigenvalue weighted by atomic mass is 16.5. The summed E-state index contributed by atoms with van der Waals surface area (Å²) in [5.41, 5.74) is 4.81. The number of aromatic nitrogens is 3. The van der Waals surface area contributed by atoms with Crippen molar-refractivity contribution in [1.82, 2.24) is 15.0 Å². The van der Waals surface area contributed by atoms with Crippen LogP contribution in [-0.4, -0.2) is 49.4 Å². The first-order valence-electron chi connectivity index (χ1n) is 12.7. The third kappa shape index (κ3) is 4.80. The maximum atomic E-state index is 13.2. The molecule has 40 heavy (non-hydrogen) atoms. The number of pyridine rings is 3. The number of fused-ring (bicyclic) bond motifs is 1. The Morgan fingerprint density at radius 2 is 1.57 bits per heavy atom. The van der Waals surface area contributed by atoms with Gasteiger partial charge in [0.1, 0.15) is 0 Å². The van der Waals surface area contributed by atoms with Crippen LogP contribution in [0.25, 0.3) is 33.2 Å². The summed E-state index contributed by atoms with van der Waals surface area (Å²) in [6.45, 7) is 2.11. The minimum absolute atomic E-state index is 0.0252. The molecule has 0 saturated heterocycles. The van der Waals surface area contributed by atoms with Crippen LogP contribution in [-0.2, 0) is 4.74 Å². The van der Waals surface area contributed by atoms with Gasteiger partial charge in [0.2, 0.25) is 5.75 Å². The molecule has 0 fully saturated rings. The molecule has 0 aliphatic heterocycles. The number of esters is 1. The van der Waals surface area contributed by atoms with E-state index in [2.05, 4.69) is 29.0 Å². The van der Waals surface area contributed by atoms with E-state index < -0.39 is 5.97 Å². The van der Waals surface area contributed by atoms with Gasteiger partial charge in [-0.2, -0.15) is 0 Å². The average molecular weight is 536 g/mol. The molecular formula is C32H29N3O5. The molecule has 0 bridgehead atoms. The quantitative estimate of drug-likeness (QED) is 0.213. The Kier molecular flexibility index (Phi) is 7.59. The first kappa shape index (κ1) is 26.6. The predicted octanol–water partition coefficient (Wildman–Crippen LogP) is 6.32. The van der Waals surface area contributed by atoms with Crippen LogP contribution < -0.4 is 14.2 Å². The van der Waals surface area contributed by atoms with Crippen LogP contribution in [0.15, 0.2) is 79.3 Å². The highest BCUT2D eigenvalue weighted by Crippen LogP contribution is 2.45. The molecule has 8 nitrogen and oxygen atoms in total. The van der Waals surface area contributed by atoms with E-state index in [0.29, 0.717) is 34.1 Å². The van der Waals surface area contributed by atoms with E-state index in [1.807, 2.05) is 36.4 Å². The number of ether oxygens (including phenoxy) is 4. The van der Waals surface area contributed by atoms with Gasteiger partial charge < -0.3 is 18.9 Å². The van der Waals surface area contributed by atoms with Crippen molar-refractivity contribution >= 4 is 16.7 Å². The van der Waals surface area contributed by atoms with Gasteiger partial charge >= 0.3 is 5.97 Å². The normalized spacial score (nSPS) is 11.6. The standard InChI is InChI=1S/C32H29N3O5/c1-19(25-10-6-7-14-34-25)20-11-12-23-24(15-20)29(21-9-8-13-33-18-21)35-30(32(36)40-5)28(23)22-16-26(37-2)31(39-4)27(17-22)38-3/h6-19H,1-5H3. The number of methoxy groups -OCH3 is 4. The van der Waals surface area contributed by atoms with Gasteiger partial charge in [0, 0.05) is 46.7 Å². The Morgan fingerprint density at radius 1 is 0.800 bits per heavy atom. The second-order valence-electron chi connectivity index (χ2n) is 9.11. The lowest BCUT2D eigenvalue weighted by Gasteiger charge is -2.19. The maximum Gasteiger partial charge on any atom is 0.357 e. The van der Waals surface area contributed by atoms with Crippen molar-refractivity contribution in [1.29, 1.82) is 0 Å². The SMILES string of the molecule is COC(=O)c1nc(-c2cccnc2)c2cc(C(C)c3ccccn3)ccc2c1-c1cc(OC)c(OC)c(OC)c1. The zero-order valence-corrected chi connectivity index (χ0v) is 23.0. The van der Waals surface area contributed by atoms with E-state index in [-0.39, 0.29) is 11.6 Å². The van der Waals surface area contributed by atoms with Gasteiger partial charge in [-0.05, 0) is 59.0 Å². The first-order chi connectivity index (χ1) is 19.5. The van der Waals surface area contributed by atoms with Crippen LogP contribution in [0.2, 0.25) is 0 Å². The van der Waals surface area contributed by atoms with Gasteiger partial charge in [-0.25, -0.2) is 9.78 Å². The molecule has 0 N–H and O–H groups in total. The minimum atomic E-state index is -0.568. The highest BCUT2D eigenvalue weighted by Gasteiger charge is 2.25. The van der Waals surface area contributed by atoms with E-state index in [4.69, 9.17) is 23.9 Å². The van der Waals surface area contributed by atoms with Crippen molar-refractivity contribution in [3.8, 4) is 39.6 Å². The van der Waals surface area contributed by atoms with Crippen LogP contribution in [0.4, 0.5) is 0 Å². The summed E-state index contributed by atoms with van der Waals surface area (Å²) in [5.74, 6) is 0.818. The fourth-order valence-corrected chi connectivity index (χ4v) is 4.89. The number of nitrogens with zero attached hydrogens (tertiary/aromatic N) is 3. The molecule has 3 heterocycles. The molecule has 3 aromatic heterocycles. The summed E-state index contributed by atoms with van der Waals surface area (Å²) in [7, 11) is 5.99. The van der Waals surface area contributed by atoms with E-state index in [9.17, 15) is 4.79 Å². The van der Waals surface area contributed by atoms with E-state index >= 15 is 0 Å². The number of carbonyl (C=O) groups is 1. The van der Waals surface area contributed by atoms with Crippen LogP contribution in [0, 0.1) is 0 Å². The second-order valence-corrected chi connectivity index (χ2v) is 9.11. The Morgan fingerprint density at radius 3 is 2.17 bits per heavy atom. The van der Waals surface area contributed by atoms with Crippen molar-refractivity contribution in [3.05, 3.63) is 96.2 Å². The lowest BCUT2D eigenvalue weighted by atomic mass is 9.89. The van der Waals surface area contributed by atoms with Crippen molar-refractivity contribution in [2.75, 3.05) is 28.4 Å². The monoisotopic (exact) mass is 535 g/mol. The van der Waals surface area contributed by atoms with Crippen LogP contribution in [0.3, 0.4) is 0 Å². The third-order valence-corrected chi connectivity index (χ3v) is 6.93. The van der Waals surface area contributed by atoms with Crippen LogP contribution >= 0.6 is 0 Å². The van der Waals surface area contributed by atoms with Gasteiger partial charge in [0.25, 0.3) is 0 Å². The number of carbonyl (C=O) groups excluding carboxylic acids is 1. The van der Waals surface area contributed by atoms with Crippen molar-refractivity contribution in [3.63, 3.8) is 0 Å². The topological polar surface area (TPSA) is 92.7 Å². The molecule has 0 aliphatic carbocycles. The molecule has 5 aromatic rings. The zero-order valence-electron chi connectivity index (χ0n) is 23.0. The molecule has 8 heteroatoms. The van der Waals surface area contributed by atoms with E-state index in [1.165, 1.54) is 7.11 Å². The van der Waals surface area contributed by atoms with Crippen molar-refractivity contribution in [2.45, 2.75) is 12.8 Å². The molecule has 2 aromatic carbocycles. The summed E-state index contributed by atoms with van der Waals surface area (Å²) in [4.78, 5) is 27.0. The Balaban J connectivity index is 1.87. The van der Waals surface area contributed by atoms with Crippen LogP contribution in [0.5, 0.6) is 17.2 Å². The predicted molar refractivity (Wildman–Crippen MR) is 153 cm³/mol. The highest BCUT2D eigenvalue weighted by molar-refractivity contribution is 6.11. The van der Waals surface area contributed by atoms with Crippen molar-refractivity contribution in [2.24, 2.45) is 0 Å². The first-order valence-corrected chi connectivity index (χ1v) is 12.7. The number of rotatable bonds is 8. The van der Waals surface area contributed by atoms with E-state index in [1.54, 1.807) is 52.1 Å². The Labute approximate surface area is 232 Å². The minimum Gasteiger partial charge on any atom is -0.493 e. The molecule has 0 aliphatic rings. The largest absolute Gasteiger partial charge is 0.493 e. The molecule has 0 amide bonds. The Hall–Kier alpha value is -4.98. The summed E-state index contributed by atoms with van der Waals surface area (Å²) < 4.78 is 22.0. The average Bonchev–Trinajstić information content (AvgIpc) is 3.02. The van der Waals surface area contributed by atoms with Crippen molar-refractivity contribution < 1.29 is 23.7 Å². The van der Waals surface area contributed by atoms with Crippen LogP contribution in [0.1, 0.15) is 34.6 Å². The van der Waals surface area contributed by atoms with E-state index in [0.717, 1.165) is 27.6 Å². The summed E-state index contributed by atoms with van der Waals surface area (Å²) >= 11 is 0. The summed E-state index contributed by atoms with van der Waals surface area (Å²) in [6, 6.07) is 19.4. The molecule has 5 rings (SSSR count). The molecule has 202 valence electrons. The molecule has 1 atom stereocenters. The smallest absolute Gasteiger partial charge is 0.357 e. The lowest BCUT2D eigenvalue weighted by molar-refractivity contribution is 0.0595. The number of hydrogen-bond acceptors (Lipinski definition) is 8. The number of benzene rings is 2. The van der Waals surface area contributed by atoms with Gasteiger partial charge in [-0.3, -0.25) is 9.97 Å². The maximum absolute atomic E-state index is 13.2. The molecule has 1 unspecified atom stereocenters. The fourth-order valence-electron chi connectivity index (χ4n) is 4.89. The van der Waals surface area contributed by atoms with Gasteiger partial charge in [0.15, 0.2) is 17.2 Å². The van der Waals surface area contributed by atoms with Gasteiger partial charge in [-0.1, -0.05) is 25.1 Å². The molecular weight excluding hydrogens is 506 g/mol. The molecule has 0 saturated carbocycles. The lowest BCUT2D eigenvalue weighted by Crippen LogP contribution is -2.09. The van der Waals surface area contributed by atoms with Gasteiger partial charge in [0.05, 0.1) is 34.1 Å². The molecule has 0 radical (unpaired) electrons. The number of hydrogen-bond donors (Lipinski definition) is 0. The fraction of sp³-hybridized carbons (Fsp3) is 0.188. The summed E-state index contributed by atoms with van der Waals surface area (Å²) in [5, 5.41) is 1.66. The Bertz CT molecular complexity index is 1650. The summed E-state index contributed by atoms with van der Waals surface area (Å²) in [6.07, 6.45) is 5.23. The molecule has 0 spiro atoms. The second kappa shape index (κ2) is 11.4. The zero-order chi connectivity index (χ0) is 28.2. The van der Waals surface area contributed by atoms with Gasteiger partial charge in [-0.15, -0.1) is 0 Å². The third-order valence-electron chi connectivity index (χ3n) is 6.93.